The van der Waals surface area contributed by atoms with Crippen LogP contribution in [0, 0.1) is 5.82 Å². The first-order chi connectivity index (χ1) is 11.0. The number of nitrogens with zero attached hydrogens (tertiary/aromatic N) is 4. The van der Waals surface area contributed by atoms with Crippen LogP contribution in [0.4, 0.5) is 22.0 Å². The molecule has 2 aromatic rings. The Bertz CT molecular complexity index is 723. The molecule has 120 valence electrons. The minimum Gasteiger partial charge on any atom is -0.368 e. The SMILES string of the molecule is Nc1nc(N)nc(SC2CCCN(c3ccccc3F)C2=O)n1. The number of hydrogen-bond donors (Lipinski definition) is 2. The maximum absolute atomic E-state index is 13.9. The molecule has 1 unspecified atom stereocenters. The first-order valence-corrected chi connectivity index (χ1v) is 7.92. The molecular formula is C14H15FN6OS. The zero-order valence-corrected chi connectivity index (χ0v) is 13.0. The molecule has 0 spiro atoms. The summed E-state index contributed by atoms with van der Waals surface area (Å²) >= 11 is 1.17. The zero-order valence-electron chi connectivity index (χ0n) is 12.1. The van der Waals surface area contributed by atoms with Gasteiger partial charge in [-0.15, -0.1) is 0 Å². The zero-order chi connectivity index (χ0) is 16.4. The van der Waals surface area contributed by atoms with Gasteiger partial charge in [0.1, 0.15) is 5.82 Å². The second-order valence-corrected chi connectivity index (χ2v) is 6.19. The Hall–Kier alpha value is -2.42. The van der Waals surface area contributed by atoms with Gasteiger partial charge in [-0.2, -0.15) is 15.0 Å². The number of rotatable bonds is 3. The average Bonchev–Trinajstić information content (AvgIpc) is 2.49. The van der Waals surface area contributed by atoms with Crippen molar-refractivity contribution in [2.24, 2.45) is 0 Å². The molecule has 9 heteroatoms. The van der Waals surface area contributed by atoms with Crippen LogP contribution < -0.4 is 16.4 Å². The minimum absolute atomic E-state index is 0.00854. The summed E-state index contributed by atoms with van der Waals surface area (Å²) in [5.74, 6) is -0.576. The second-order valence-electron chi connectivity index (χ2n) is 5.02. The van der Waals surface area contributed by atoms with E-state index < -0.39 is 11.1 Å². The average molecular weight is 334 g/mol. The number of carbonyl (C=O) groups excluding carboxylic acids is 1. The summed E-state index contributed by atoms with van der Waals surface area (Å²) in [6, 6.07) is 6.23. The third kappa shape index (κ3) is 3.34. The van der Waals surface area contributed by atoms with Gasteiger partial charge < -0.3 is 16.4 Å². The van der Waals surface area contributed by atoms with Gasteiger partial charge in [0.15, 0.2) is 5.16 Å². The van der Waals surface area contributed by atoms with Crippen molar-refractivity contribution in [3.8, 4) is 0 Å². The van der Waals surface area contributed by atoms with E-state index in [-0.39, 0.29) is 23.5 Å². The number of para-hydroxylation sites is 1. The predicted octanol–water partition coefficient (Wildman–Crippen LogP) is 1.46. The number of carbonyl (C=O) groups is 1. The van der Waals surface area contributed by atoms with Crippen LogP contribution in [-0.4, -0.2) is 32.7 Å². The standard InChI is InChI=1S/C14H15FN6OS/c15-8-4-1-2-5-9(8)21-7-3-6-10(11(21)22)23-14-19-12(16)18-13(17)20-14/h1-2,4-5,10H,3,6-7H2,(H4,16,17,18,19,20). The molecule has 1 fully saturated rings. The Morgan fingerprint density at radius 2 is 1.87 bits per heavy atom. The molecule has 1 saturated heterocycles. The first kappa shape index (κ1) is 15.5. The van der Waals surface area contributed by atoms with Gasteiger partial charge in [-0.05, 0) is 25.0 Å². The summed E-state index contributed by atoms with van der Waals surface area (Å²) < 4.78 is 13.9. The first-order valence-electron chi connectivity index (χ1n) is 7.04. The van der Waals surface area contributed by atoms with E-state index in [1.807, 2.05) is 0 Å². The molecule has 1 atom stereocenters. The molecule has 1 amide bonds. The summed E-state index contributed by atoms with van der Waals surface area (Å²) in [4.78, 5) is 25.8. The monoisotopic (exact) mass is 334 g/mol. The molecule has 0 saturated carbocycles. The Morgan fingerprint density at radius 1 is 1.17 bits per heavy atom. The lowest BCUT2D eigenvalue weighted by Gasteiger charge is -2.31. The Balaban J connectivity index is 1.81. The fourth-order valence-electron chi connectivity index (χ4n) is 2.43. The van der Waals surface area contributed by atoms with Gasteiger partial charge in [0.25, 0.3) is 0 Å². The maximum Gasteiger partial charge on any atom is 0.240 e. The van der Waals surface area contributed by atoms with Gasteiger partial charge in [0.2, 0.25) is 17.8 Å². The van der Waals surface area contributed by atoms with Gasteiger partial charge in [-0.3, -0.25) is 4.79 Å². The number of thioether (sulfide) groups is 1. The number of piperidine rings is 1. The van der Waals surface area contributed by atoms with E-state index >= 15 is 0 Å². The topological polar surface area (TPSA) is 111 Å². The van der Waals surface area contributed by atoms with Crippen LogP contribution in [0.5, 0.6) is 0 Å². The van der Waals surface area contributed by atoms with Crippen LogP contribution in [0.2, 0.25) is 0 Å². The Labute approximate surface area is 136 Å². The van der Waals surface area contributed by atoms with Crippen molar-refractivity contribution < 1.29 is 9.18 Å². The number of amides is 1. The van der Waals surface area contributed by atoms with E-state index in [9.17, 15) is 9.18 Å². The van der Waals surface area contributed by atoms with Crippen LogP contribution >= 0.6 is 11.8 Å². The highest BCUT2D eigenvalue weighted by Crippen LogP contribution is 2.32. The van der Waals surface area contributed by atoms with Crippen LogP contribution in [-0.2, 0) is 4.79 Å². The van der Waals surface area contributed by atoms with Crippen LogP contribution in [0.15, 0.2) is 29.4 Å². The molecule has 3 rings (SSSR count). The number of hydrogen-bond acceptors (Lipinski definition) is 7. The van der Waals surface area contributed by atoms with Crippen LogP contribution in [0.3, 0.4) is 0 Å². The molecule has 0 radical (unpaired) electrons. The molecule has 7 nitrogen and oxygen atoms in total. The fraction of sp³-hybridized carbons (Fsp3) is 0.286. The number of halogens is 1. The molecule has 23 heavy (non-hydrogen) atoms. The number of nitrogens with two attached hydrogens (primary N) is 2. The molecule has 1 aliphatic heterocycles. The predicted molar refractivity (Wildman–Crippen MR) is 86.3 cm³/mol. The molecule has 0 aliphatic carbocycles. The highest BCUT2D eigenvalue weighted by Gasteiger charge is 2.32. The third-order valence-electron chi connectivity index (χ3n) is 3.43. The summed E-state index contributed by atoms with van der Waals surface area (Å²) in [5.41, 5.74) is 11.4. The normalized spacial score (nSPS) is 18.2. The second kappa shape index (κ2) is 6.37. The van der Waals surface area contributed by atoms with Crippen molar-refractivity contribution in [3.05, 3.63) is 30.1 Å². The largest absolute Gasteiger partial charge is 0.368 e. The molecule has 1 aromatic carbocycles. The Kier molecular flexibility index (Phi) is 4.28. The van der Waals surface area contributed by atoms with Gasteiger partial charge in [0.05, 0.1) is 10.9 Å². The number of aromatic nitrogens is 3. The molecular weight excluding hydrogens is 319 g/mol. The minimum atomic E-state index is -0.417. The summed E-state index contributed by atoms with van der Waals surface area (Å²) in [5, 5.41) is -0.117. The van der Waals surface area contributed by atoms with E-state index in [4.69, 9.17) is 11.5 Å². The fourth-order valence-corrected chi connectivity index (χ4v) is 3.49. The van der Waals surface area contributed by atoms with E-state index in [1.165, 1.54) is 22.7 Å². The summed E-state index contributed by atoms with van der Waals surface area (Å²) in [6.45, 7) is 0.484. The van der Waals surface area contributed by atoms with Crippen LogP contribution in [0.1, 0.15) is 12.8 Å². The van der Waals surface area contributed by atoms with Crippen molar-refractivity contribution in [2.45, 2.75) is 23.2 Å². The van der Waals surface area contributed by atoms with Gasteiger partial charge in [0, 0.05) is 6.54 Å². The summed E-state index contributed by atoms with van der Waals surface area (Å²) in [6.07, 6.45) is 1.41. The van der Waals surface area contributed by atoms with Crippen LogP contribution in [0.25, 0.3) is 0 Å². The van der Waals surface area contributed by atoms with Crippen molar-refractivity contribution in [2.75, 3.05) is 22.9 Å². The highest BCUT2D eigenvalue weighted by molar-refractivity contribution is 8.00. The molecule has 1 aliphatic rings. The van der Waals surface area contributed by atoms with Gasteiger partial charge in [-0.1, -0.05) is 23.9 Å². The lowest BCUT2D eigenvalue weighted by Crippen LogP contribution is -2.43. The molecule has 4 N–H and O–H groups in total. The Morgan fingerprint density at radius 3 is 2.57 bits per heavy atom. The van der Waals surface area contributed by atoms with E-state index in [0.717, 1.165) is 6.42 Å². The molecule has 2 heterocycles. The summed E-state index contributed by atoms with van der Waals surface area (Å²) in [7, 11) is 0. The van der Waals surface area contributed by atoms with Crippen molar-refractivity contribution >= 4 is 35.3 Å². The maximum atomic E-state index is 13.9. The number of benzene rings is 1. The van der Waals surface area contributed by atoms with E-state index in [2.05, 4.69) is 15.0 Å². The van der Waals surface area contributed by atoms with Crippen molar-refractivity contribution in [1.29, 1.82) is 0 Å². The van der Waals surface area contributed by atoms with E-state index in [0.29, 0.717) is 18.1 Å². The smallest absolute Gasteiger partial charge is 0.240 e. The number of nitrogen functional groups attached to an aromatic ring is 2. The van der Waals surface area contributed by atoms with Crippen molar-refractivity contribution in [1.82, 2.24) is 15.0 Å². The molecule has 0 bridgehead atoms. The van der Waals surface area contributed by atoms with Gasteiger partial charge in [-0.25, -0.2) is 4.39 Å². The quantitative estimate of drug-likeness (QED) is 0.874. The van der Waals surface area contributed by atoms with E-state index in [1.54, 1.807) is 18.2 Å². The third-order valence-corrected chi connectivity index (χ3v) is 4.55. The highest BCUT2D eigenvalue weighted by atomic mass is 32.2. The van der Waals surface area contributed by atoms with Crippen molar-refractivity contribution in [3.63, 3.8) is 0 Å². The lowest BCUT2D eigenvalue weighted by atomic mass is 10.1. The number of anilines is 3. The lowest BCUT2D eigenvalue weighted by molar-refractivity contribution is -0.119. The molecule has 1 aromatic heterocycles. The van der Waals surface area contributed by atoms with Gasteiger partial charge >= 0.3 is 0 Å².